The van der Waals surface area contributed by atoms with Gasteiger partial charge in [0.2, 0.25) is 0 Å². The second-order valence-corrected chi connectivity index (χ2v) is 5.10. The highest BCUT2D eigenvalue weighted by molar-refractivity contribution is 5.97. The van der Waals surface area contributed by atoms with E-state index in [0.717, 1.165) is 6.07 Å². The summed E-state index contributed by atoms with van der Waals surface area (Å²) in [6.07, 6.45) is 0. The van der Waals surface area contributed by atoms with E-state index in [2.05, 4.69) is 0 Å². The van der Waals surface area contributed by atoms with Crippen LogP contribution in [0.15, 0.2) is 42.5 Å². The van der Waals surface area contributed by atoms with E-state index in [9.17, 15) is 25.2 Å². The molecule has 0 aliphatic carbocycles. The van der Waals surface area contributed by atoms with Crippen molar-refractivity contribution in [1.82, 2.24) is 0 Å². The van der Waals surface area contributed by atoms with Gasteiger partial charge >= 0.3 is 5.79 Å². The molecule has 0 saturated carbocycles. The van der Waals surface area contributed by atoms with Crippen LogP contribution in [0.25, 0.3) is 0 Å². The molecule has 3 rings (SSSR count). The number of carbonyl (C=O) groups excluding carboxylic acids is 1. The van der Waals surface area contributed by atoms with Gasteiger partial charge in [-0.25, -0.2) is 0 Å². The molecular weight excluding hydrogens is 304 g/mol. The van der Waals surface area contributed by atoms with E-state index in [4.69, 9.17) is 9.47 Å². The van der Waals surface area contributed by atoms with Crippen LogP contribution in [0.5, 0.6) is 17.2 Å². The molecule has 0 saturated heterocycles. The van der Waals surface area contributed by atoms with Crippen LogP contribution in [0.4, 0.5) is 0 Å². The molecule has 2 aromatic carbocycles. The Kier molecular flexibility index (Phi) is 3.29. The van der Waals surface area contributed by atoms with Crippen LogP contribution >= 0.6 is 0 Å². The molecule has 0 amide bonds. The number of fused-ring (bicyclic) bond motifs is 1. The van der Waals surface area contributed by atoms with E-state index >= 15 is 0 Å². The molecule has 0 radical (unpaired) electrons. The van der Waals surface area contributed by atoms with Gasteiger partial charge in [0.25, 0.3) is 11.6 Å². The van der Waals surface area contributed by atoms with E-state index in [0.29, 0.717) is 0 Å². The van der Waals surface area contributed by atoms with Gasteiger partial charge in [-0.1, -0.05) is 30.3 Å². The third-order valence-corrected chi connectivity index (χ3v) is 3.78. The maximum atomic E-state index is 12.7. The highest BCUT2D eigenvalue weighted by Crippen LogP contribution is 2.50. The first kappa shape index (κ1) is 15.3. The summed E-state index contributed by atoms with van der Waals surface area (Å²) in [5.74, 6) is -8.11. The Morgan fingerprint density at radius 2 is 1.70 bits per heavy atom. The molecule has 0 fully saturated rings. The fraction of sp³-hybridized carbons (Fsp3) is 0.188. The lowest BCUT2D eigenvalue weighted by Gasteiger charge is -2.41. The predicted molar refractivity (Wildman–Crippen MR) is 76.7 cm³/mol. The molecular formula is C16H14O7. The number of aliphatic hydroxyl groups is 2. The van der Waals surface area contributed by atoms with Crippen LogP contribution in [0.1, 0.15) is 11.1 Å². The molecule has 7 heteroatoms. The summed E-state index contributed by atoms with van der Waals surface area (Å²) < 4.78 is 10.8. The van der Waals surface area contributed by atoms with Crippen molar-refractivity contribution in [2.24, 2.45) is 0 Å². The first-order valence-corrected chi connectivity index (χ1v) is 6.69. The van der Waals surface area contributed by atoms with Crippen LogP contribution in [-0.2, 0) is 21.1 Å². The summed E-state index contributed by atoms with van der Waals surface area (Å²) in [6, 6.07) is 10.3. The van der Waals surface area contributed by atoms with Gasteiger partial charge in [0, 0.05) is 12.7 Å². The van der Waals surface area contributed by atoms with Crippen molar-refractivity contribution in [2.75, 3.05) is 7.11 Å². The van der Waals surface area contributed by atoms with Crippen LogP contribution in [0.2, 0.25) is 0 Å². The summed E-state index contributed by atoms with van der Waals surface area (Å²) in [7, 11) is 1.19. The standard InChI is InChI=1S/C16H14O7/c1-22-16(9-5-3-2-4-6-9)14(19)15(20,21)12-11(23-16)8-7-10(17)13(12)18/h2-8,17-18,20-21H,1H3. The third kappa shape index (κ3) is 1.98. The lowest BCUT2D eigenvalue weighted by atomic mass is 9.87. The minimum Gasteiger partial charge on any atom is -0.504 e. The molecule has 23 heavy (non-hydrogen) atoms. The first-order valence-electron chi connectivity index (χ1n) is 6.69. The minimum atomic E-state index is -3.11. The Labute approximate surface area is 131 Å². The topological polar surface area (TPSA) is 116 Å². The van der Waals surface area contributed by atoms with Gasteiger partial charge in [0.1, 0.15) is 11.3 Å². The number of Topliss-reactive ketones (excluding diaryl/α,β-unsaturated/α-hetero) is 1. The molecule has 2 aromatic rings. The van der Waals surface area contributed by atoms with Crippen LogP contribution in [0, 0.1) is 0 Å². The number of carbonyl (C=O) groups is 1. The SMILES string of the molecule is COC1(c2ccccc2)Oc2ccc(O)c(O)c2C(O)(O)C1=O. The molecule has 1 aliphatic heterocycles. The van der Waals surface area contributed by atoms with Crippen molar-refractivity contribution in [2.45, 2.75) is 11.6 Å². The predicted octanol–water partition coefficient (Wildman–Crippen LogP) is 0.696. The van der Waals surface area contributed by atoms with E-state index in [-0.39, 0.29) is 11.3 Å². The van der Waals surface area contributed by atoms with Crippen LogP contribution < -0.4 is 4.74 Å². The van der Waals surface area contributed by atoms with E-state index < -0.39 is 34.4 Å². The summed E-state index contributed by atoms with van der Waals surface area (Å²) >= 11 is 0. The molecule has 0 aromatic heterocycles. The number of benzene rings is 2. The average Bonchev–Trinajstić information content (AvgIpc) is 2.55. The maximum absolute atomic E-state index is 12.7. The van der Waals surface area contributed by atoms with E-state index in [1.54, 1.807) is 18.2 Å². The molecule has 120 valence electrons. The summed E-state index contributed by atoms with van der Waals surface area (Å²) in [5.41, 5.74) is -0.385. The Balaban J connectivity index is 2.28. The van der Waals surface area contributed by atoms with Gasteiger partial charge < -0.3 is 29.9 Å². The number of phenolic OH excluding ortho intramolecular Hbond substituents is 2. The second kappa shape index (κ2) is 4.95. The monoisotopic (exact) mass is 318 g/mol. The van der Waals surface area contributed by atoms with E-state index in [1.165, 1.54) is 25.3 Å². The zero-order chi connectivity index (χ0) is 16.8. The van der Waals surface area contributed by atoms with Gasteiger partial charge in [-0.15, -0.1) is 0 Å². The number of ketones is 1. The molecule has 1 aliphatic rings. The Morgan fingerprint density at radius 1 is 1.04 bits per heavy atom. The van der Waals surface area contributed by atoms with Crippen molar-refractivity contribution in [3.63, 3.8) is 0 Å². The average molecular weight is 318 g/mol. The number of rotatable bonds is 2. The van der Waals surface area contributed by atoms with Crippen molar-refractivity contribution >= 4 is 5.78 Å². The number of aromatic hydroxyl groups is 2. The van der Waals surface area contributed by atoms with Gasteiger partial charge in [0.05, 0.1) is 0 Å². The summed E-state index contributed by atoms with van der Waals surface area (Å²) in [5, 5.41) is 40.0. The smallest absolute Gasteiger partial charge is 0.303 e. The number of methoxy groups -OCH3 is 1. The summed E-state index contributed by atoms with van der Waals surface area (Å²) in [6.45, 7) is 0. The Hall–Kier alpha value is -2.61. The largest absolute Gasteiger partial charge is 0.504 e. The number of phenols is 2. The lowest BCUT2D eigenvalue weighted by Crippen LogP contribution is -2.57. The third-order valence-electron chi connectivity index (χ3n) is 3.78. The van der Waals surface area contributed by atoms with Gasteiger partial charge in [-0.05, 0) is 12.1 Å². The highest BCUT2D eigenvalue weighted by atomic mass is 16.7. The zero-order valence-corrected chi connectivity index (χ0v) is 12.1. The lowest BCUT2D eigenvalue weighted by molar-refractivity contribution is -0.250. The van der Waals surface area contributed by atoms with Gasteiger partial charge in [-0.2, -0.15) is 0 Å². The maximum Gasteiger partial charge on any atom is 0.303 e. The molecule has 1 unspecified atom stereocenters. The molecule has 4 N–H and O–H groups in total. The van der Waals surface area contributed by atoms with Gasteiger partial charge in [0.15, 0.2) is 11.5 Å². The fourth-order valence-electron chi connectivity index (χ4n) is 2.63. The van der Waals surface area contributed by atoms with Gasteiger partial charge in [-0.3, -0.25) is 4.79 Å². The van der Waals surface area contributed by atoms with Crippen LogP contribution in [-0.4, -0.2) is 33.3 Å². The molecule has 1 atom stereocenters. The number of ether oxygens (including phenoxy) is 2. The molecule has 7 nitrogen and oxygen atoms in total. The fourth-order valence-corrected chi connectivity index (χ4v) is 2.63. The normalized spacial score (nSPS) is 22.3. The zero-order valence-electron chi connectivity index (χ0n) is 12.1. The number of hydrogen-bond donors (Lipinski definition) is 4. The quantitative estimate of drug-likeness (QED) is 0.475. The van der Waals surface area contributed by atoms with Crippen molar-refractivity contribution < 1.29 is 34.7 Å². The highest BCUT2D eigenvalue weighted by Gasteiger charge is 2.60. The van der Waals surface area contributed by atoms with Crippen LogP contribution in [0.3, 0.4) is 0 Å². The van der Waals surface area contributed by atoms with E-state index in [1.807, 2.05) is 0 Å². The summed E-state index contributed by atoms with van der Waals surface area (Å²) in [4.78, 5) is 12.7. The molecule has 0 bridgehead atoms. The second-order valence-electron chi connectivity index (χ2n) is 5.10. The van der Waals surface area contributed by atoms with Crippen molar-refractivity contribution in [3.05, 3.63) is 53.6 Å². The van der Waals surface area contributed by atoms with Crippen molar-refractivity contribution in [3.8, 4) is 17.2 Å². The molecule has 1 heterocycles. The minimum absolute atomic E-state index is 0.199. The first-order chi connectivity index (χ1) is 10.8. The Bertz CT molecular complexity index is 769. The number of hydrogen-bond acceptors (Lipinski definition) is 7. The Morgan fingerprint density at radius 3 is 2.30 bits per heavy atom. The van der Waals surface area contributed by atoms with Crippen molar-refractivity contribution in [1.29, 1.82) is 0 Å². The molecule has 0 spiro atoms.